The van der Waals surface area contributed by atoms with Crippen molar-refractivity contribution in [3.63, 3.8) is 0 Å². The summed E-state index contributed by atoms with van der Waals surface area (Å²) in [6, 6.07) is 0. The summed E-state index contributed by atoms with van der Waals surface area (Å²) in [4.78, 5) is 26.9. The third-order valence-corrected chi connectivity index (χ3v) is 4.89. The average molecular weight is 310 g/mol. The summed E-state index contributed by atoms with van der Waals surface area (Å²) in [5.41, 5.74) is -0.795. The molecule has 1 spiro atoms. The minimum Gasteiger partial charge on any atom is -0.355 e. The van der Waals surface area contributed by atoms with Crippen molar-refractivity contribution in [3.05, 3.63) is 0 Å². The van der Waals surface area contributed by atoms with E-state index in [-0.39, 0.29) is 11.8 Å². The molecule has 124 valence electrons. The molecule has 1 saturated carbocycles. The first-order valence-corrected chi connectivity index (χ1v) is 8.33. The molecule has 0 aromatic heterocycles. The number of nitrogens with zero attached hydrogens (tertiary/aromatic N) is 1. The van der Waals surface area contributed by atoms with Gasteiger partial charge in [0.05, 0.1) is 13.2 Å². The van der Waals surface area contributed by atoms with Crippen molar-refractivity contribution in [1.82, 2.24) is 10.2 Å². The maximum absolute atomic E-state index is 12.8. The first-order chi connectivity index (χ1) is 10.5. The maximum Gasteiger partial charge on any atom is 0.238 e. The van der Waals surface area contributed by atoms with Gasteiger partial charge in [-0.15, -0.1) is 0 Å². The number of ether oxygens (including phenoxy) is 2. The van der Waals surface area contributed by atoms with E-state index in [1.807, 2.05) is 18.7 Å². The van der Waals surface area contributed by atoms with Gasteiger partial charge in [0.1, 0.15) is 5.41 Å². The zero-order valence-electron chi connectivity index (χ0n) is 13.5. The molecular weight excluding hydrogens is 284 g/mol. The summed E-state index contributed by atoms with van der Waals surface area (Å²) >= 11 is 0. The second kappa shape index (κ2) is 5.81. The van der Waals surface area contributed by atoms with Gasteiger partial charge in [-0.2, -0.15) is 0 Å². The molecule has 1 N–H and O–H groups in total. The van der Waals surface area contributed by atoms with E-state index in [4.69, 9.17) is 9.47 Å². The van der Waals surface area contributed by atoms with Crippen LogP contribution in [-0.4, -0.2) is 55.3 Å². The Hall–Kier alpha value is -1.14. The third kappa shape index (κ3) is 2.86. The summed E-state index contributed by atoms with van der Waals surface area (Å²) < 4.78 is 11.4. The molecule has 3 aliphatic rings. The molecule has 1 aliphatic carbocycles. The molecule has 0 aromatic carbocycles. The number of rotatable bonds is 4. The number of hydrogen-bond donors (Lipinski definition) is 1. The van der Waals surface area contributed by atoms with Crippen molar-refractivity contribution >= 4 is 11.8 Å². The molecule has 2 heterocycles. The van der Waals surface area contributed by atoms with Gasteiger partial charge in [0.25, 0.3) is 0 Å². The lowest BCUT2D eigenvalue weighted by Crippen LogP contribution is -2.52. The Kier molecular flexibility index (Phi) is 4.16. The highest BCUT2D eigenvalue weighted by molar-refractivity contribution is 6.07. The molecule has 0 atom stereocenters. The summed E-state index contributed by atoms with van der Waals surface area (Å²) in [6.07, 6.45) is 2.74. The van der Waals surface area contributed by atoms with E-state index in [0.29, 0.717) is 64.4 Å². The highest BCUT2D eigenvalue weighted by Crippen LogP contribution is 2.48. The molecule has 0 bridgehead atoms. The third-order valence-electron chi connectivity index (χ3n) is 4.89. The molecule has 2 saturated heterocycles. The summed E-state index contributed by atoms with van der Waals surface area (Å²) in [5.74, 6) is -0.198. The van der Waals surface area contributed by atoms with Gasteiger partial charge in [-0.05, 0) is 18.8 Å². The van der Waals surface area contributed by atoms with E-state index in [2.05, 4.69) is 5.32 Å². The molecular formula is C16H26N2O4. The van der Waals surface area contributed by atoms with Crippen LogP contribution in [0.3, 0.4) is 0 Å². The van der Waals surface area contributed by atoms with Gasteiger partial charge in [-0.3, -0.25) is 9.59 Å². The Morgan fingerprint density at radius 2 is 1.68 bits per heavy atom. The van der Waals surface area contributed by atoms with Crippen LogP contribution in [0.15, 0.2) is 0 Å². The van der Waals surface area contributed by atoms with Crippen LogP contribution in [0.25, 0.3) is 0 Å². The monoisotopic (exact) mass is 310 g/mol. The number of carbonyl (C=O) groups is 2. The van der Waals surface area contributed by atoms with E-state index < -0.39 is 11.2 Å². The lowest BCUT2D eigenvalue weighted by atomic mass is 9.98. The largest absolute Gasteiger partial charge is 0.355 e. The van der Waals surface area contributed by atoms with Crippen molar-refractivity contribution < 1.29 is 19.1 Å². The van der Waals surface area contributed by atoms with Crippen LogP contribution in [-0.2, 0) is 19.1 Å². The van der Waals surface area contributed by atoms with E-state index >= 15 is 0 Å². The van der Waals surface area contributed by atoms with Crippen molar-refractivity contribution in [3.8, 4) is 0 Å². The van der Waals surface area contributed by atoms with Crippen molar-refractivity contribution in [2.45, 2.75) is 45.3 Å². The molecule has 6 nitrogen and oxygen atoms in total. The normalized spacial score (nSPS) is 25.5. The Morgan fingerprint density at radius 1 is 1.09 bits per heavy atom. The number of amides is 2. The fraction of sp³-hybridized carbons (Fsp3) is 0.875. The lowest BCUT2D eigenvalue weighted by molar-refractivity contribution is -0.188. The Morgan fingerprint density at radius 3 is 2.18 bits per heavy atom. The van der Waals surface area contributed by atoms with E-state index in [1.54, 1.807) is 0 Å². The second-order valence-corrected chi connectivity index (χ2v) is 7.09. The number of hydrogen-bond acceptors (Lipinski definition) is 4. The predicted molar refractivity (Wildman–Crippen MR) is 80.0 cm³/mol. The Balaban J connectivity index is 1.56. The SMILES string of the molecule is CC(C)CNC(=O)C1(C(=O)N2CCC3(CC2)OCCO3)CC1. The summed E-state index contributed by atoms with van der Waals surface area (Å²) in [5, 5.41) is 2.92. The molecule has 0 aromatic rings. The van der Waals surface area contributed by atoms with E-state index in [0.717, 1.165) is 0 Å². The predicted octanol–water partition coefficient (Wildman–Crippen LogP) is 0.904. The zero-order chi connectivity index (χ0) is 15.8. The van der Waals surface area contributed by atoms with Crippen molar-refractivity contribution in [2.24, 2.45) is 11.3 Å². The van der Waals surface area contributed by atoms with Crippen LogP contribution >= 0.6 is 0 Å². The van der Waals surface area contributed by atoms with Crippen molar-refractivity contribution in [2.75, 3.05) is 32.8 Å². The molecule has 3 fully saturated rings. The van der Waals surface area contributed by atoms with Crippen LogP contribution in [0.4, 0.5) is 0 Å². The minimum atomic E-state index is -0.795. The Labute approximate surface area is 131 Å². The fourth-order valence-corrected chi connectivity index (χ4v) is 3.27. The molecule has 0 unspecified atom stereocenters. The van der Waals surface area contributed by atoms with Crippen molar-refractivity contribution in [1.29, 1.82) is 0 Å². The average Bonchev–Trinajstić information content (AvgIpc) is 3.21. The molecule has 2 amide bonds. The highest BCUT2D eigenvalue weighted by Gasteiger charge is 2.58. The molecule has 2 aliphatic heterocycles. The standard InChI is InChI=1S/C16H26N2O4/c1-12(2)11-17-13(19)15(3-4-15)14(20)18-7-5-16(6-8-18)21-9-10-22-16/h12H,3-11H2,1-2H3,(H,17,19). The summed E-state index contributed by atoms with van der Waals surface area (Å²) in [6.45, 7) is 7.21. The number of piperidine rings is 1. The summed E-state index contributed by atoms with van der Waals surface area (Å²) in [7, 11) is 0. The highest BCUT2D eigenvalue weighted by atomic mass is 16.7. The minimum absolute atomic E-state index is 0.0124. The van der Waals surface area contributed by atoms with Crippen LogP contribution in [0, 0.1) is 11.3 Å². The van der Waals surface area contributed by atoms with Crippen LogP contribution < -0.4 is 5.32 Å². The van der Waals surface area contributed by atoms with Gasteiger partial charge in [-0.25, -0.2) is 0 Å². The van der Waals surface area contributed by atoms with Gasteiger partial charge in [0, 0.05) is 32.5 Å². The first-order valence-electron chi connectivity index (χ1n) is 8.33. The smallest absolute Gasteiger partial charge is 0.238 e. The van der Waals surface area contributed by atoms with Gasteiger partial charge < -0.3 is 19.7 Å². The molecule has 22 heavy (non-hydrogen) atoms. The van der Waals surface area contributed by atoms with Gasteiger partial charge >= 0.3 is 0 Å². The Bertz CT molecular complexity index is 443. The number of likely N-dealkylation sites (tertiary alicyclic amines) is 1. The van der Waals surface area contributed by atoms with Gasteiger partial charge in [0.2, 0.25) is 11.8 Å². The van der Waals surface area contributed by atoms with Gasteiger partial charge in [-0.1, -0.05) is 13.8 Å². The molecule has 6 heteroatoms. The van der Waals surface area contributed by atoms with Crippen LogP contribution in [0.5, 0.6) is 0 Å². The van der Waals surface area contributed by atoms with Crippen LogP contribution in [0.1, 0.15) is 39.5 Å². The molecule has 0 radical (unpaired) electrons. The van der Waals surface area contributed by atoms with Crippen LogP contribution in [0.2, 0.25) is 0 Å². The maximum atomic E-state index is 12.8. The molecule has 3 rings (SSSR count). The second-order valence-electron chi connectivity index (χ2n) is 7.09. The quantitative estimate of drug-likeness (QED) is 0.784. The van der Waals surface area contributed by atoms with E-state index in [9.17, 15) is 9.59 Å². The fourth-order valence-electron chi connectivity index (χ4n) is 3.27. The van der Waals surface area contributed by atoms with Gasteiger partial charge in [0.15, 0.2) is 5.79 Å². The number of carbonyl (C=O) groups excluding carboxylic acids is 2. The zero-order valence-corrected chi connectivity index (χ0v) is 13.5. The topological polar surface area (TPSA) is 67.9 Å². The number of nitrogens with one attached hydrogen (secondary N) is 1. The van der Waals surface area contributed by atoms with E-state index in [1.165, 1.54) is 0 Å². The lowest BCUT2D eigenvalue weighted by Gasteiger charge is -2.38. The first kappa shape index (κ1) is 15.7.